The summed E-state index contributed by atoms with van der Waals surface area (Å²) in [6.07, 6.45) is 7.19. The highest BCUT2D eigenvalue weighted by Gasteiger charge is 2.34. The summed E-state index contributed by atoms with van der Waals surface area (Å²) in [5, 5.41) is 3.78. The Balaban J connectivity index is 1.89. The molecule has 1 saturated heterocycles. The minimum Gasteiger partial charge on any atom is -0.370 e. The van der Waals surface area contributed by atoms with Crippen LogP contribution in [0.25, 0.3) is 0 Å². The molecule has 3 nitrogen and oxygen atoms in total. The molecule has 3 unspecified atom stereocenters. The molecule has 118 valence electrons. The normalized spacial score (nSPS) is 35.1. The van der Waals surface area contributed by atoms with Crippen molar-refractivity contribution in [3.63, 3.8) is 0 Å². The van der Waals surface area contributed by atoms with Crippen molar-refractivity contribution in [1.29, 1.82) is 0 Å². The van der Waals surface area contributed by atoms with Crippen LogP contribution in [0.1, 0.15) is 59.8 Å². The second-order valence-electron chi connectivity index (χ2n) is 7.49. The fourth-order valence-electron chi connectivity index (χ4n) is 4.08. The lowest BCUT2D eigenvalue weighted by Gasteiger charge is -2.44. The predicted molar refractivity (Wildman–Crippen MR) is 85.1 cm³/mol. The highest BCUT2D eigenvalue weighted by atomic mass is 16.5. The molecular formula is C17H34N2O. The number of ether oxygens (including phenoxy) is 1. The van der Waals surface area contributed by atoms with Gasteiger partial charge in [0.2, 0.25) is 0 Å². The first-order valence-corrected chi connectivity index (χ1v) is 8.64. The topological polar surface area (TPSA) is 24.5 Å². The van der Waals surface area contributed by atoms with E-state index in [1.54, 1.807) is 0 Å². The second-order valence-corrected chi connectivity index (χ2v) is 7.49. The van der Waals surface area contributed by atoms with E-state index in [1.807, 2.05) is 0 Å². The summed E-state index contributed by atoms with van der Waals surface area (Å²) < 4.78 is 6.03. The van der Waals surface area contributed by atoms with Crippen molar-refractivity contribution in [2.24, 2.45) is 5.92 Å². The van der Waals surface area contributed by atoms with Gasteiger partial charge in [-0.05, 0) is 52.5 Å². The zero-order valence-electron chi connectivity index (χ0n) is 14.0. The van der Waals surface area contributed by atoms with Crippen molar-refractivity contribution in [1.82, 2.24) is 10.2 Å². The molecule has 1 N–H and O–H groups in total. The zero-order valence-corrected chi connectivity index (χ0v) is 14.0. The highest BCUT2D eigenvalue weighted by molar-refractivity contribution is 4.88. The molecular weight excluding hydrogens is 248 g/mol. The van der Waals surface area contributed by atoms with Crippen molar-refractivity contribution in [3.8, 4) is 0 Å². The third kappa shape index (κ3) is 4.71. The van der Waals surface area contributed by atoms with Gasteiger partial charge in [0.05, 0.1) is 11.7 Å². The first-order valence-electron chi connectivity index (χ1n) is 8.64. The van der Waals surface area contributed by atoms with Crippen LogP contribution < -0.4 is 5.32 Å². The van der Waals surface area contributed by atoms with E-state index in [0.717, 1.165) is 25.0 Å². The number of nitrogens with zero attached hydrogens (tertiary/aromatic N) is 1. The van der Waals surface area contributed by atoms with Gasteiger partial charge in [-0.2, -0.15) is 0 Å². The van der Waals surface area contributed by atoms with Crippen LogP contribution in [0.4, 0.5) is 0 Å². The molecule has 0 amide bonds. The number of hydrogen-bond donors (Lipinski definition) is 1. The maximum Gasteiger partial charge on any atom is 0.0757 e. The minimum absolute atomic E-state index is 0.0126. The van der Waals surface area contributed by atoms with Gasteiger partial charge < -0.3 is 10.1 Å². The van der Waals surface area contributed by atoms with Crippen LogP contribution >= 0.6 is 0 Å². The number of rotatable bonds is 5. The Hall–Kier alpha value is -0.120. The van der Waals surface area contributed by atoms with E-state index < -0.39 is 0 Å². The summed E-state index contributed by atoms with van der Waals surface area (Å²) in [5.74, 6) is 0.830. The minimum atomic E-state index is 0.0126. The highest BCUT2D eigenvalue weighted by Crippen LogP contribution is 2.28. The fourth-order valence-corrected chi connectivity index (χ4v) is 4.08. The van der Waals surface area contributed by atoms with Gasteiger partial charge in [-0.1, -0.05) is 19.8 Å². The average molecular weight is 282 g/mol. The van der Waals surface area contributed by atoms with Crippen molar-refractivity contribution in [2.75, 3.05) is 26.2 Å². The average Bonchev–Trinajstić information content (AvgIpc) is 2.35. The van der Waals surface area contributed by atoms with Gasteiger partial charge >= 0.3 is 0 Å². The third-order valence-corrected chi connectivity index (χ3v) is 4.70. The van der Waals surface area contributed by atoms with Crippen LogP contribution in [0.3, 0.4) is 0 Å². The third-order valence-electron chi connectivity index (χ3n) is 4.70. The molecule has 1 saturated carbocycles. The molecule has 2 aliphatic rings. The van der Waals surface area contributed by atoms with Crippen LogP contribution in [0, 0.1) is 5.92 Å². The molecule has 2 rings (SSSR count). The second kappa shape index (κ2) is 7.24. The Morgan fingerprint density at radius 1 is 1.25 bits per heavy atom. The Labute approximate surface area is 125 Å². The van der Waals surface area contributed by atoms with Gasteiger partial charge in [0, 0.05) is 25.7 Å². The summed E-state index contributed by atoms with van der Waals surface area (Å²) >= 11 is 0. The first-order chi connectivity index (χ1) is 9.50. The van der Waals surface area contributed by atoms with E-state index in [9.17, 15) is 0 Å². The summed E-state index contributed by atoms with van der Waals surface area (Å²) in [6.45, 7) is 13.5. The number of morpholine rings is 1. The van der Waals surface area contributed by atoms with Gasteiger partial charge in [-0.3, -0.25) is 4.90 Å². The molecule has 0 bridgehead atoms. The van der Waals surface area contributed by atoms with Crippen molar-refractivity contribution in [3.05, 3.63) is 0 Å². The zero-order chi connectivity index (χ0) is 14.6. The van der Waals surface area contributed by atoms with E-state index in [2.05, 4.69) is 37.9 Å². The predicted octanol–water partition coefficient (Wildman–Crippen LogP) is 3.04. The molecule has 1 aliphatic carbocycles. The standard InChI is InChI=1S/C17H34N2O/c1-5-10-18-16-9-7-6-8-15(16)12-19-11-14(2)20-17(3,4)13-19/h14-16,18H,5-13H2,1-4H3. The van der Waals surface area contributed by atoms with Gasteiger partial charge in [0.25, 0.3) is 0 Å². The van der Waals surface area contributed by atoms with Crippen LogP contribution in [-0.2, 0) is 4.74 Å². The quantitative estimate of drug-likeness (QED) is 0.839. The Morgan fingerprint density at radius 3 is 2.70 bits per heavy atom. The van der Waals surface area contributed by atoms with Crippen molar-refractivity contribution in [2.45, 2.75) is 77.5 Å². The van der Waals surface area contributed by atoms with Crippen LogP contribution in [0.2, 0.25) is 0 Å². The Morgan fingerprint density at radius 2 is 2.00 bits per heavy atom. The molecule has 0 radical (unpaired) electrons. The largest absolute Gasteiger partial charge is 0.370 e. The fraction of sp³-hybridized carbons (Fsp3) is 1.00. The Kier molecular flexibility index (Phi) is 5.88. The Bertz CT molecular complexity index is 293. The van der Waals surface area contributed by atoms with Crippen LogP contribution in [0.5, 0.6) is 0 Å². The molecule has 3 heteroatoms. The van der Waals surface area contributed by atoms with E-state index in [4.69, 9.17) is 4.74 Å². The maximum atomic E-state index is 6.03. The lowest BCUT2D eigenvalue weighted by atomic mass is 9.83. The molecule has 20 heavy (non-hydrogen) atoms. The van der Waals surface area contributed by atoms with E-state index in [-0.39, 0.29) is 5.60 Å². The van der Waals surface area contributed by atoms with Gasteiger partial charge in [-0.15, -0.1) is 0 Å². The molecule has 1 heterocycles. The lowest BCUT2D eigenvalue weighted by molar-refractivity contribution is -0.132. The van der Waals surface area contributed by atoms with Crippen molar-refractivity contribution >= 4 is 0 Å². The monoisotopic (exact) mass is 282 g/mol. The molecule has 0 aromatic rings. The molecule has 2 fully saturated rings. The molecule has 0 aromatic carbocycles. The van der Waals surface area contributed by atoms with Gasteiger partial charge in [0.15, 0.2) is 0 Å². The van der Waals surface area contributed by atoms with E-state index in [0.29, 0.717) is 6.10 Å². The summed E-state index contributed by atoms with van der Waals surface area (Å²) in [7, 11) is 0. The van der Waals surface area contributed by atoms with Crippen LogP contribution in [0.15, 0.2) is 0 Å². The molecule has 1 aliphatic heterocycles. The lowest BCUT2D eigenvalue weighted by Crippen LogP contribution is -2.54. The van der Waals surface area contributed by atoms with Gasteiger partial charge in [0.1, 0.15) is 0 Å². The summed E-state index contributed by atoms with van der Waals surface area (Å²) in [5.41, 5.74) is 0.0126. The van der Waals surface area contributed by atoms with Crippen LogP contribution in [-0.4, -0.2) is 48.8 Å². The smallest absolute Gasteiger partial charge is 0.0757 e. The SMILES string of the molecule is CCCNC1CCCCC1CN1CC(C)OC(C)(C)C1. The van der Waals surface area contributed by atoms with E-state index >= 15 is 0 Å². The number of nitrogens with one attached hydrogen (secondary N) is 1. The summed E-state index contributed by atoms with van der Waals surface area (Å²) in [6, 6.07) is 0.741. The maximum absolute atomic E-state index is 6.03. The molecule has 3 atom stereocenters. The first kappa shape index (κ1) is 16.3. The molecule has 0 spiro atoms. The number of hydrogen-bond acceptors (Lipinski definition) is 3. The molecule has 0 aromatic heterocycles. The summed E-state index contributed by atoms with van der Waals surface area (Å²) in [4.78, 5) is 2.64. The van der Waals surface area contributed by atoms with E-state index in [1.165, 1.54) is 45.2 Å². The van der Waals surface area contributed by atoms with Crippen molar-refractivity contribution < 1.29 is 4.74 Å². The van der Waals surface area contributed by atoms with Gasteiger partial charge in [-0.25, -0.2) is 0 Å².